The summed E-state index contributed by atoms with van der Waals surface area (Å²) < 4.78 is 10.6. The third-order valence-electron chi connectivity index (χ3n) is 5.67. The molecule has 2 atom stereocenters. The van der Waals surface area contributed by atoms with Crippen LogP contribution in [0.2, 0.25) is 0 Å². The fourth-order valence-electron chi connectivity index (χ4n) is 3.99. The van der Waals surface area contributed by atoms with Crippen LogP contribution in [0.3, 0.4) is 0 Å². The highest BCUT2D eigenvalue weighted by Crippen LogP contribution is 2.21. The molecule has 4 rings (SSSR count). The minimum atomic E-state index is -0.347. The molecule has 3 aromatic carbocycles. The zero-order valence-electron chi connectivity index (χ0n) is 19.5. The van der Waals surface area contributed by atoms with Crippen molar-refractivity contribution in [2.45, 2.75) is 24.9 Å². The molecule has 0 aliphatic heterocycles. The number of hydrogen-bond acceptors (Lipinski definition) is 4. The number of fused-ring (bicyclic) bond motifs is 1. The largest absolute Gasteiger partial charge is 0.497 e. The first-order chi connectivity index (χ1) is 16.6. The summed E-state index contributed by atoms with van der Waals surface area (Å²) in [4.78, 5) is 21.2. The lowest BCUT2D eigenvalue weighted by Crippen LogP contribution is -2.46. The van der Waals surface area contributed by atoms with Crippen LogP contribution >= 0.6 is 0 Å². The number of amides is 2. The lowest BCUT2D eigenvalue weighted by molar-refractivity contribution is 0.164. The average Bonchev–Trinajstić information content (AvgIpc) is 3.29. The predicted molar refractivity (Wildman–Crippen MR) is 133 cm³/mol. The summed E-state index contributed by atoms with van der Waals surface area (Å²) >= 11 is 0. The number of nitrogens with zero attached hydrogens (tertiary/aromatic N) is 1. The highest BCUT2D eigenvalue weighted by Gasteiger charge is 2.21. The van der Waals surface area contributed by atoms with E-state index in [1.165, 1.54) is 0 Å². The monoisotopic (exact) mass is 458 g/mol. The van der Waals surface area contributed by atoms with Crippen molar-refractivity contribution in [1.82, 2.24) is 20.6 Å². The molecule has 0 bridgehead atoms. The third-order valence-corrected chi connectivity index (χ3v) is 5.67. The fraction of sp³-hybridized carbons (Fsp3) is 0.259. The first-order valence-electron chi connectivity index (χ1n) is 11.3. The molecule has 0 aliphatic carbocycles. The van der Waals surface area contributed by atoms with Crippen LogP contribution in [0.5, 0.6) is 5.75 Å². The summed E-state index contributed by atoms with van der Waals surface area (Å²) in [6.45, 7) is 0.413. The van der Waals surface area contributed by atoms with Crippen molar-refractivity contribution in [1.29, 1.82) is 0 Å². The third kappa shape index (κ3) is 6.14. The molecule has 0 unspecified atom stereocenters. The molecule has 176 valence electrons. The zero-order valence-corrected chi connectivity index (χ0v) is 19.5. The van der Waals surface area contributed by atoms with Gasteiger partial charge in [-0.1, -0.05) is 54.6 Å². The van der Waals surface area contributed by atoms with Gasteiger partial charge in [0.1, 0.15) is 11.6 Å². The van der Waals surface area contributed by atoms with Gasteiger partial charge in [0.25, 0.3) is 0 Å². The molecule has 1 heterocycles. The number of ether oxygens (including phenoxy) is 2. The average molecular weight is 459 g/mol. The maximum absolute atomic E-state index is 13.1. The van der Waals surface area contributed by atoms with Crippen LogP contribution in [0.1, 0.15) is 23.0 Å². The van der Waals surface area contributed by atoms with Gasteiger partial charge < -0.3 is 25.1 Å². The van der Waals surface area contributed by atoms with E-state index in [0.717, 1.165) is 27.9 Å². The Hall–Kier alpha value is -3.84. The van der Waals surface area contributed by atoms with Crippen LogP contribution in [-0.4, -0.2) is 42.9 Å². The normalized spacial score (nSPS) is 12.8. The number of hydrogen-bond donors (Lipinski definition) is 3. The number of para-hydroxylation sites is 2. The molecule has 3 N–H and O–H groups in total. The van der Waals surface area contributed by atoms with E-state index < -0.39 is 0 Å². The Kier molecular flexibility index (Phi) is 7.78. The van der Waals surface area contributed by atoms with E-state index in [1.807, 2.05) is 78.9 Å². The van der Waals surface area contributed by atoms with E-state index in [4.69, 9.17) is 14.5 Å². The van der Waals surface area contributed by atoms with Crippen molar-refractivity contribution in [3.05, 3.63) is 95.8 Å². The minimum absolute atomic E-state index is 0.162. The van der Waals surface area contributed by atoms with E-state index in [9.17, 15) is 4.79 Å². The van der Waals surface area contributed by atoms with Crippen LogP contribution in [-0.2, 0) is 17.6 Å². The topological polar surface area (TPSA) is 88.3 Å². The van der Waals surface area contributed by atoms with Gasteiger partial charge in [0.05, 0.1) is 36.8 Å². The van der Waals surface area contributed by atoms with Gasteiger partial charge >= 0.3 is 6.03 Å². The van der Waals surface area contributed by atoms with Crippen molar-refractivity contribution in [2.24, 2.45) is 0 Å². The van der Waals surface area contributed by atoms with E-state index in [0.29, 0.717) is 25.3 Å². The summed E-state index contributed by atoms with van der Waals surface area (Å²) in [5, 5.41) is 6.18. The van der Waals surface area contributed by atoms with Gasteiger partial charge in [0.2, 0.25) is 0 Å². The molecule has 0 saturated carbocycles. The number of aromatic nitrogens is 2. The van der Waals surface area contributed by atoms with Crippen molar-refractivity contribution in [2.75, 3.05) is 20.8 Å². The van der Waals surface area contributed by atoms with Crippen LogP contribution in [0.4, 0.5) is 4.79 Å². The first kappa shape index (κ1) is 23.3. The zero-order chi connectivity index (χ0) is 23.8. The summed E-state index contributed by atoms with van der Waals surface area (Å²) in [5.74, 6) is 1.50. The second-order valence-electron chi connectivity index (χ2n) is 8.20. The SMILES string of the molecule is COC[C@H](Cc1ccccc1)NC(=O)N[C@H](Cc1ccc(OC)cc1)c1nc2ccccc2[nH]1. The summed E-state index contributed by atoms with van der Waals surface area (Å²) in [6.07, 6.45) is 1.25. The number of aromatic amines is 1. The Labute approximate surface area is 199 Å². The molecule has 0 spiro atoms. The maximum Gasteiger partial charge on any atom is 0.315 e. The smallest absolute Gasteiger partial charge is 0.315 e. The van der Waals surface area contributed by atoms with Gasteiger partial charge in [-0.2, -0.15) is 0 Å². The summed E-state index contributed by atoms with van der Waals surface area (Å²) in [7, 11) is 3.28. The van der Waals surface area contributed by atoms with Gasteiger partial charge in [-0.05, 0) is 48.2 Å². The Morgan fingerprint density at radius 1 is 0.882 bits per heavy atom. The maximum atomic E-state index is 13.1. The molecular formula is C27H30N4O3. The molecule has 2 amide bonds. The number of nitrogens with one attached hydrogen (secondary N) is 3. The number of carbonyl (C=O) groups excluding carboxylic acids is 1. The summed E-state index contributed by atoms with van der Waals surface area (Å²) in [5.41, 5.74) is 3.99. The number of rotatable bonds is 10. The Balaban J connectivity index is 1.51. The fourth-order valence-corrected chi connectivity index (χ4v) is 3.99. The van der Waals surface area contributed by atoms with Crippen LogP contribution in [0.15, 0.2) is 78.9 Å². The van der Waals surface area contributed by atoms with E-state index >= 15 is 0 Å². The number of carbonyl (C=O) groups is 1. The molecule has 7 heteroatoms. The second-order valence-corrected chi connectivity index (χ2v) is 8.20. The van der Waals surface area contributed by atoms with E-state index in [1.54, 1.807) is 14.2 Å². The molecule has 1 aromatic heterocycles. The highest BCUT2D eigenvalue weighted by molar-refractivity contribution is 5.76. The van der Waals surface area contributed by atoms with Gasteiger partial charge in [0.15, 0.2) is 0 Å². The molecule has 34 heavy (non-hydrogen) atoms. The van der Waals surface area contributed by atoms with Crippen molar-refractivity contribution in [3.63, 3.8) is 0 Å². The lowest BCUT2D eigenvalue weighted by atomic mass is 10.0. The Morgan fingerprint density at radius 3 is 2.29 bits per heavy atom. The van der Waals surface area contributed by atoms with Crippen molar-refractivity contribution < 1.29 is 14.3 Å². The predicted octanol–water partition coefficient (Wildman–Crippen LogP) is 4.41. The second kappa shape index (κ2) is 11.3. The quantitative estimate of drug-likeness (QED) is 0.328. The van der Waals surface area contributed by atoms with E-state index in [2.05, 4.69) is 15.6 Å². The van der Waals surface area contributed by atoms with Crippen LogP contribution in [0, 0.1) is 0 Å². The minimum Gasteiger partial charge on any atom is -0.497 e. The van der Waals surface area contributed by atoms with Gasteiger partial charge in [-0.25, -0.2) is 9.78 Å². The molecule has 0 fully saturated rings. The molecule has 0 saturated heterocycles. The Morgan fingerprint density at radius 2 is 1.59 bits per heavy atom. The van der Waals surface area contributed by atoms with E-state index in [-0.39, 0.29) is 18.1 Å². The van der Waals surface area contributed by atoms with Gasteiger partial charge in [-0.3, -0.25) is 0 Å². The molecular weight excluding hydrogens is 428 g/mol. The van der Waals surface area contributed by atoms with Crippen LogP contribution in [0.25, 0.3) is 11.0 Å². The number of benzene rings is 3. The lowest BCUT2D eigenvalue weighted by Gasteiger charge is -2.22. The van der Waals surface area contributed by atoms with Crippen molar-refractivity contribution in [3.8, 4) is 5.75 Å². The Bertz CT molecular complexity index is 1160. The van der Waals surface area contributed by atoms with Gasteiger partial charge in [0, 0.05) is 7.11 Å². The molecule has 0 radical (unpaired) electrons. The number of H-pyrrole nitrogens is 1. The number of imidazole rings is 1. The van der Waals surface area contributed by atoms with Crippen molar-refractivity contribution >= 4 is 17.1 Å². The summed E-state index contributed by atoms with van der Waals surface area (Å²) in [6, 6.07) is 24.9. The molecule has 7 nitrogen and oxygen atoms in total. The molecule has 4 aromatic rings. The molecule has 0 aliphatic rings. The standard InChI is InChI=1S/C27H30N4O3/c1-33-18-21(16-19-8-4-3-5-9-19)28-27(32)31-25(17-20-12-14-22(34-2)15-13-20)26-29-23-10-6-7-11-24(23)30-26/h3-15,21,25H,16-18H2,1-2H3,(H,29,30)(H2,28,31,32)/t21-,25+/m0/s1. The van der Waals surface area contributed by atoms with Gasteiger partial charge in [-0.15, -0.1) is 0 Å². The number of methoxy groups -OCH3 is 2. The number of urea groups is 1. The van der Waals surface area contributed by atoms with Crippen LogP contribution < -0.4 is 15.4 Å². The highest BCUT2D eigenvalue weighted by atomic mass is 16.5. The first-order valence-corrected chi connectivity index (χ1v) is 11.3.